The molecular weight excluding hydrogens is 132 g/mol. The zero-order chi connectivity index (χ0) is 6.85. The molecule has 0 aliphatic carbocycles. The predicted octanol–water partition coefficient (Wildman–Crippen LogP) is 1.63. The molecule has 0 unspecified atom stereocenters. The van der Waals surface area contributed by atoms with Gasteiger partial charge in [0, 0.05) is 0 Å². The summed E-state index contributed by atoms with van der Waals surface area (Å²) in [4.78, 5) is 4.81. The number of nitriles is 1. The number of aryl methyl sites for hydroxylation is 2. The van der Waals surface area contributed by atoms with Crippen LogP contribution in [0.25, 0.3) is 0 Å². The lowest BCUT2D eigenvalue weighted by Crippen LogP contribution is -1.72. The van der Waals surface area contributed by atoms with Gasteiger partial charge >= 0.3 is 0 Å². The molecule has 1 rings (SSSR count). The quantitative estimate of drug-likeness (QED) is 0.546. The van der Waals surface area contributed by atoms with Crippen LogP contribution in [0, 0.1) is 25.2 Å². The number of rotatable bonds is 0. The van der Waals surface area contributed by atoms with E-state index in [9.17, 15) is 0 Å². The fraction of sp³-hybridized carbons (Fsp3) is 0.333. The van der Waals surface area contributed by atoms with Gasteiger partial charge in [0.2, 0.25) is 0 Å². The fourth-order valence-corrected chi connectivity index (χ4v) is 1.35. The summed E-state index contributed by atoms with van der Waals surface area (Å²) in [5.41, 5.74) is 0.847. The molecule has 0 bridgehead atoms. The van der Waals surface area contributed by atoms with Crippen molar-refractivity contribution < 1.29 is 0 Å². The largest absolute Gasteiger partial charge is 0.245 e. The zero-order valence-corrected chi connectivity index (χ0v) is 6.12. The Hall–Kier alpha value is -0.880. The molecule has 9 heavy (non-hydrogen) atoms. The van der Waals surface area contributed by atoms with Gasteiger partial charge in [-0.15, -0.1) is 11.3 Å². The first-order valence-corrected chi connectivity index (χ1v) is 3.40. The first-order valence-electron chi connectivity index (χ1n) is 2.58. The normalized spacial score (nSPS) is 9.00. The highest BCUT2D eigenvalue weighted by Crippen LogP contribution is 2.14. The van der Waals surface area contributed by atoms with E-state index < -0.39 is 0 Å². The monoisotopic (exact) mass is 138 g/mol. The summed E-state index contributed by atoms with van der Waals surface area (Å²) in [5, 5.41) is 9.41. The number of thiazole rings is 1. The van der Waals surface area contributed by atoms with Gasteiger partial charge < -0.3 is 0 Å². The molecule has 0 saturated heterocycles. The van der Waals surface area contributed by atoms with Crippen molar-refractivity contribution in [3.63, 3.8) is 0 Å². The van der Waals surface area contributed by atoms with Crippen molar-refractivity contribution in [2.75, 3.05) is 0 Å². The summed E-state index contributed by atoms with van der Waals surface area (Å²) in [6, 6.07) is 2.07. The van der Waals surface area contributed by atoms with E-state index in [2.05, 4.69) is 11.1 Å². The van der Waals surface area contributed by atoms with Crippen LogP contribution in [0.4, 0.5) is 0 Å². The van der Waals surface area contributed by atoms with Crippen molar-refractivity contribution in [2.45, 2.75) is 13.8 Å². The lowest BCUT2D eigenvalue weighted by molar-refractivity contribution is 1.19. The van der Waals surface area contributed by atoms with Crippen LogP contribution in [0.1, 0.15) is 15.6 Å². The molecule has 0 aliphatic heterocycles. The van der Waals surface area contributed by atoms with E-state index in [-0.39, 0.29) is 0 Å². The van der Waals surface area contributed by atoms with E-state index in [1.807, 2.05) is 13.8 Å². The SMILES string of the molecule is Cc1nc(C)c(C#N)s1. The molecule has 1 aromatic rings. The Morgan fingerprint density at radius 3 is 2.44 bits per heavy atom. The Balaban J connectivity index is 3.20. The maximum absolute atomic E-state index is 8.45. The van der Waals surface area contributed by atoms with Crippen LogP contribution < -0.4 is 0 Å². The molecule has 0 atom stereocenters. The molecule has 0 fully saturated rings. The number of aromatic nitrogens is 1. The van der Waals surface area contributed by atoms with Crippen LogP contribution in [0.2, 0.25) is 0 Å². The van der Waals surface area contributed by atoms with Gasteiger partial charge in [-0.1, -0.05) is 0 Å². The summed E-state index contributed by atoms with van der Waals surface area (Å²) in [7, 11) is 0. The van der Waals surface area contributed by atoms with Crippen LogP contribution in [-0.2, 0) is 0 Å². The number of nitrogens with zero attached hydrogens (tertiary/aromatic N) is 2. The summed E-state index contributed by atoms with van der Waals surface area (Å²) in [6.07, 6.45) is 0. The molecule has 0 N–H and O–H groups in total. The van der Waals surface area contributed by atoms with Gasteiger partial charge in [0.25, 0.3) is 0 Å². The van der Waals surface area contributed by atoms with E-state index in [4.69, 9.17) is 5.26 Å². The minimum atomic E-state index is 0.729. The highest BCUT2D eigenvalue weighted by molar-refractivity contribution is 7.12. The number of hydrogen-bond donors (Lipinski definition) is 0. The molecule has 0 radical (unpaired) electrons. The van der Waals surface area contributed by atoms with Crippen molar-refractivity contribution in [2.24, 2.45) is 0 Å². The van der Waals surface area contributed by atoms with Crippen LogP contribution in [0.15, 0.2) is 0 Å². The molecule has 0 amide bonds. The van der Waals surface area contributed by atoms with Gasteiger partial charge in [0.05, 0.1) is 10.7 Å². The summed E-state index contributed by atoms with van der Waals surface area (Å²) in [6.45, 7) is 3.75. The van der Waals surface area contributed by atoms with Gasteiger partial charge in [0.1, 0.15) is 10.9 Å². The molecule has 46 valence electrons. The predicted molar refractivity (Wildman–Crippen MR) is 36.3 cm³/mol. The molecule has 2 nitrogen and oxygen atoms in total. The third-order valence-corrected chi connectivity index (χ3v) is 1.98. The highest BCUT2D eigenvalue weighted by atomic mass is 32.1. The van der Waals surface area contributed by atoms with E-state index in [0.29, 0.717) is 0 Å². The van der Waals surface area contributed by atoms with Crippen molar-refractivity contribution in [3.8, 4) is 6.07 Å². The Bertz CT molecular complexity index is 257. The summed E-state index contributed by atoms with van der Waals surface area (Å²) in [5.74, 6) is 0. The van der Waals surface area contributed by atoms with Gasteiger partial charge in [-0.25, -0.2) is 4.98 Å². The van der Waals surface area contributed by atoms with Crippen molar-refractivity contribution in [1.82, 2.24) is 4.98 Å². The molecule has 3 heteroatoms. The Morgan fingerprint density at radius 1 is 1.56 bits per heavy atom. The molecule has 0 aromatic carbocycles. The molecule has 0 aliphatic rings. The van der Waals surface area contributed by atoms with E-state index in [1.165, 1.54) is 11.3 Å². The van der Waals surface area contributed by atoms with Crippen LogP contribution in [-0.4, -0.2) is 4.98 Å². The van der Waals surface area contributed by atoms with E-state index in [1.54, 1.807) is 0 Å². The minimum Gasteiger partial charge on any atom is -0.245 e. The summed E-state index contributed by atoms with van der Waals surface area (Å²) < 4.78 is 0. The maximum atomic E-state index is 8.45. The van der Waals surface area contributed by atoms with Crippen molar-refractivity contribution >= 4 is 11.3 Å². The van der Waals surface area contributed by atoms with Crippen molar-refractivity contribution in [3.05, 3.63) is 15.6 Å². The van der Waals surface area contributed by atoms with Gasteiger partial charge in [-0.2, -0.15) is 5.26 Å². The smallest absolute Gasteiger partial charge is 0.127 e. The fourth-order valence-electron chi connectivity index (χ4n) is 0.635. The average Bonchev–Trinajstić information content (AvgIpc) is 2.10. The maximum Gasteiger partial charge on any atom is 0.127 e. The van der Waals surface area contributed by atoms with Gasteiger partial charge in [-0.05, 0) is 13.8 Å². The van der Waals surface area contributed by atoms with Crippen LogP contribution in [0.3, 0.4) is 0 Å². The third kappa shape index (κ3) is 1.08. The standard InChI is InChI=1S/C6H6N2S/c1-4-6(3-7)9-5(2)8-4/h1-2H3. The molecule has 0 saturated carbocycles. The van der Waals surface area contributed by atoms with Gasteiger partial charge in [-0.3, -0.25) is 0 Å². The lowest BCUT2D eigenvalue weighted by atomic mass is 10.4. The highest BCUT2D eigenvalue weighted by Gasteiger charge is 2.00. The first-order chi connectivity index (χ1) is 4.24. The second-order valence-electron chi connectivity index (χ2n) is 1.76. The van der Waals surface area contributed by atoms with Crippen LogP contribution in [0.5, 0.6) is 0 Å². The molecular formula is C6H6N2S. The molecule has 1 heterocycles. The van der Waals surface area contributed by atoms with Crippen LogP contribution >= 0.6 is 11.3 Å². The minimum absolute atomic E-state index is 0.729. The zero-order valence-electron chi connectivity index (χ0n) is 5.30. The number of hydrogen-bond acceptors (Lipinski definition) is 3. The Morgan fingerprint density at radius 2 is 2.22 bits per heavy atom. The lowest BCUT2D eigenvalue weighted by Gasteiger charge is -1.75. The molecule has 1 aromatic heterocycles. The third-order valence-electron chi connectivity index (χ3n) is 1.01. The summed E-state index contributed by atoms with van der Waals surface area (Å²) >= 11 is 1.44. The Labute approximate surface area is 57.8 Å². The van der Waals surface area contributed by atoms with E-state index in [0.717, 1.165) is 15.6 Å². The van der Waals surface area contributed by atoms with E-state index >= 15 is 0 Å². The topological polar surface area (TPSA) is 36.7 Å². The first kappa shape index (κ1) is 6.24. The second kappa shape index (κ2) is 2.16. The average molecular weight is 138 g/mol. The Kier molecular flexibility index (Phi) is 1.50. The second-order valence-corrected chi connectivity index (χ2v) is 2.96. The van der Waals surface area contributed by atoms with Gasteiger partial charge in [0.15, 0.2) is 0 Å². The molecule has 0 spiro atoms. The van der Waals surface area contributed by atoms with Crippen molar-refractivity contribution in [1.29, 1.82) is 5.26 Å².